The zero-order chi connectivity index (χ0) is 13.2. The van der Waals surface area contributed by atoms with Gasteiger partial charge >= 0.3 is 5.97 Å². The van der Waals surface area contributed by atoms with Gasteiger partial charge in [-0.15, -0.1) is 0 Å². The molecule has 0 spiro atoms. The number of hydrogen-bond acceptors (Lipinski definition) is 3. The van der Waals surface area contributed by atoms with Gasteiger partial charge in [-0.25, -0.2) is 9.78 Å². The molecule has 0 amide bonds. The van der Waals surface area contributed by atoms with Crippen molar-refractivity contribution >= 4 is 23.4 Å². The van der Waals surface area contributed by atoms with Crippen molar-refractivity contribution in [3.8, 4) is 0 Å². The third-order valence-electron chi connectivity index (χ3n) is 3.52. The maximum Gasteiger partial charge on any atom is 0.339 e. The number of carbonyl (C=O) groups is 1. The van der Waals surface area contributed by atoms with E-state index < -0.39 is 5.97 Å². The monoisotopic (exact) mass is 276 g/mol. The summed E-state index contributed by atoms with van der Waals surface area (Å²) in [5, 5.41) is 9.16. The summed E-state index contributed by atoms with van der Waals surface area (Å²) >= 11 is 2.01. The first-order valence-corrected chi connectivity index (χ1v) is 7.67. The second-order valence-electron chi connectivity index (χ2n) is 4.98. The summed E-state index contributed by atoms with van der Waals surface area (Å²) in [5.74, 6) is 2.22. The van der Waals surface area contributed by atoms with E-state index in [4.69, 9.17) is 5.11 Å². The van der Waals surface area contributed by atoms with E-state index in [1.54, 1.807) is 12.1 Å². The van der Waals surface area contributed by atoms with Crippen molar-refractivity contribution in [2.24, 2.45) is 5.92 Å². The molecule has 1 N–H and O–H groups in total. The number of nitrogens with zero attached hydrogens (tertiary/aromatic N) is 2. The molecule has 0 radical (unpaired) electrons. The Morgan fingerprint density at radius 3 is 3.21 bits per heavy atom. The highest BCUT2D eigenvalue weighted by Crippen LogP contribution is 2.25. The largest absolute Gasteiger partial charge is 0.478 e. The number of aromatic nitrogens is 2. The number of aromatic carboxylic acids is 1. The Hall–Kier alpha value is -1.49. The quantitative estimate of drug-likeness (QED) is 0.936. The molecule has 3 rings (SSSR count). The minimum Gasteiger partial charge on any atom is -0.478 e. The Balaban J connectivity index is 1.88. The van der Waals surface area contributed by atoms with Crippen molar-refractivity contribution in [2.45, 2.75) is 19.3 Å². The zero-order valence-corrected chi connectivity index (χ0v) is 11.4. The van der Waals surface area contributed by atoms with Crippen LogP contribution in [0.1, 0.15) is 28.9 Å². The number of hydrogen-bond donors (Lipinski definition) is 1. The molecule has 2 aromatic rings. The number of fused-ring (bicyclic) bond motifs is 1. The highest BCUT2D eigenvalue weighted by molar-refractivity contribution is 7.99. The molecule has 5 heteroatoms. The average Bonchev–Trinajstić information content (AvgIpc) is 2.81. The Kier molecular flexibility index (Phi) is 3.46. The van der Waals surface area contributed by atoms with Crippen molar-refractivity contribution < 1.29 is 9.90 Å². The van der Waals surface area contributed by atoms with Gasteiger partial charge in [0, 0.05) is 12.4 Å². The molecule has 1 saturated heterocycles. The van der Waals surface area contributed by atoms with Crippen LogP contribution >= 0.6 is 11.8 Å². The molecule has 1 fully saturated rings. The molecular formula is C14H16N2O2S. The standard InChI is InChI=1S/C14H16N2O2S/c17-14(18)12-4-1-5-16-8-11(15-13(12)16)7-10-3-2-6-19-9-10/h1,4-5,8,10H,2-3,6-7,9H2,(H,17,18). The number of carboxylic acid groups (broad SMARTS) is 1. The molecule has 2 aromatic heterocycles. The maximum atomic E-state index is 11.2. The van der Waals surface area contributed by atoms with Gasteiger partial charge in [0.1, 0.15) is 5.56 Å². The molecule has 19 heavy (non-hydrogen) atoms. The van der Waals surface area contributed by atoms with Crippen LogP contribution in [0.3, 0.4) is 0 Å². The molecule has 0 aromatic carbocycles. The number of rotatable bonds is 3. The normalized spacial score (nSPS) is 19.7. The summed E-state index contributed by atoms with van der Waals surface area (Å²) in [6, 6.07) is 3.35. The van der Waals surface area contributed by atoms with Gasteiger partial charge in [-0.1, -0.05) is 0 Å². The first-order chi connectivity index (χ1) is 9.24. The topological polar surface area (TPSA) is 54.6 Å². The van der Waals surface area contributed by atoms with E-state index in [2.05, 4.69) is 4.98 Å². The van der Waals surface area contributed by atoms with Gasteiger partial charge in [0.05, 0.1) is 5.69 Å². The highest BCUT2D eigenvalue weighted by Gasteiger charge is 2.17. The second-order valence-corrected chi connectivity index (χ2v) is 6.13. The lowest BCUT2D eigenvalue weighted by atomic mass is 10.00. The van der Waals surface area contributed by atoms with Gasteiger partial charge in [0.2, 0.25) is 0 Å². The number of imidazole rings is 1. The number of carboxylic acids is 1. The van der Waals surface area contributed by atoms with E-state index in [0.717, 1.165) is 12.1 Å². The Morgan fingerprint density at radius 1 is 1.58 bits per heavy atom. The molecule has 0 aliphatic carbocycles. The lowest BCUT2D eigenvalue weighted by Gasteiger charge is -2.19. The minimum atomic E-state index is -0.920. The summed E-state index contributed by atoms with van der Waals surface area (Å²) in [5.41, 5.74) is 1.82. The van der Waals surface area contributed by atoms with Crippen molar-refractivity contribution in [1.29, 1.82) is 0 Å². The van der Waals surface area contributed by atoms with E-state index in [0.29, 0.717) is 11.6 Å². The van der Waals surface area contributed by atoms with Crippen LogP contribution in [0.5, 0.6) is 0 Å². The van der Waals surface area contributed by atoms with Crippen LogP contribution in [0.15, 0.2) is 24.5 Å². The van der Waals surface area contributed by atoms with Gasteiger partial charge in [-0.3, -0.25) is 0 Å². The van der Waals surface area contributed by atoms with E-state index in [9.17, 15) is 4.79 Å². The van der Waals surface area contributed by atoms with Gasteiger partial charge in [0.15, 0.2) is 5.65 Å². The van der Waals surface area contributed by atoms with Crippen molar-refractivity contribution in [2.75, 3.05) is 11.5 Å². The van der Waals surface area contributed by atoms with Crippen LogP contribution in [0.25, 0.3) is 5.65 Å². The first-order valence-electron chi connectivity index (χ1n) is 6.51. The lowest BCUT2D eigenvalue weighted by molar-refractivity contribution is 0.0698. The number of thioether (sulfide) groups is 1. The van der Waals surface area contributed by atoms with Crippen LogP contribution in [-0.2, 0) is 6.42 Å². The van der Waals surface area contributed by atoms with E-state index in [-0.39, 0.29) is 5.56 Å². The second kappa shape index (κ2) is 5.25. The maximum absolute atomic E-state index is 11.2. The summed E-state index contributed by atoms with van der Waals surface area (Å²) < 4.78 is 1.81. The molecule has 1 aliphatic rings. The lowest BCUT2D eigenvalue weighted by Crippen LogP contribution is -2.13. The number of pyridine rings is 1. The molecule has 1 atom stereocenters. The van der Waals surface area contributed by atoms with Crippen LogP contribution < -0.4 is 0 Å². The third kappa shape index (κ3) is 2.61. The van der Waals surface area contributed by atoms with Crippen LogP contribution in [-0.4, -0.2) is 32.0 Å². The predicted octanol–water partition coefficient (Wildman–Crippen LogP) is 2.72. The van der Waals surface area contributed by atoms with Crippen LogP contribution in [0, 0.1) is 5.92 Å². The van der Waals surface area contributed by atoms with Gasteiger partial charge in [0.25, 0.3) is 0 Å². The third-order valence-corrected chi connectivity index (χ3v) is 4.80. The SMILES string of the molecule is O=C(O)c1cccn2cc(CC3CCCSC3)nc12. The first kappa shape index (κ1) is 12.5. The van der Waals surface area contributed by atoms with E-state index in [1.165, 1.54) is 24.3 Å². The fourth-order valence-electron chi connectivity index (χ4n) is 2.59. The zero-order valence-electron chi connectivity index (χ0n) is 10.6. The van der Waals surface area contributed by atoms with Gasteiger partial charge in [-0.2, -0.15) is 11.8 Å². The van der Waals surface area contributed by atoms with Gasteiger partial charge in [-0.05, 0) is 48.8 Å². The Bertz CT molecular complexity index is 603. The van der Waals surface area contributed by atoms with E-state index in [1.807, 2.05) is 28.6 Å². The molecule has 3 heterocycles. The predicted molar refractivity (Wildman–Crippen MR) is 75.9 cm³/mol. The van der Waals surface area contributed by atoms with Crippen LogP contribution in [0.2, 0.25) is 0 Å². The smallest absolute Gasteiger partial charge is 0.339 e. The molecule has 1 aliphatic heterocycles. The molecule has 1 unspecified atom stereocenters. The minimum absolute atomic E-state index is 0.270. The molecule has 0 bridgehead atoms. The summed E-state index contributed by atoms with van der Waals surface area (Å²) in [6.07, 6.45) is 7.30. The molecule has 0 saturated carbocycles. The molecule has 4 nitrogen and oxygen atoms in total. The van der Waals surface area contributed by atoms with E-state index >= 15 is 0 Å². The van der Waals surface area contributed by atoms with Gasteiger partial charge < -0.3 is 9.51 Å². The van der Waals surface area contributed by atoms with Crippen molar-refractivity contribution in [3.05, 3.63) is 35.8 Å². The fraction of sp³-hybridized carbons (Fsp3) is 0.429. The Morgan fingerprint density at radius 2 is 2.47 bits per heavy atom. The molecule has 100 valence electrons. The Labute approximate surface area is 115 Å². The van der Waals surface area contributed by atoms with Crippen molar-refractivity contribution in [1.82, 2.24) is 9.38 Å². The van der Waals surface area contributed by atoms with Crippen molar-refractivity contribution in [3.63, 3.8) is 0 Å². The summed E-state index contributed by atoms with van der Waals surface area (Å²) in [4.78, 5) is 15.7. The molecular weight excluding hydrogens is 260 g/mol. The fourth-order valence-corrected chi connectivity index (χ4v) is 3.75. The van der Waals surface area contributed by atoms with Crippen LogP contribution in [0.4, 0.5) is 0 Å². The highest BCUT2D eigenvalue weighted by atomic mass is 32.2. The average molecular weight is 276 g/mol. The summed E-state index contributed by atoms with van der Waals surface area (Å²) in [6.45, 7) is 0. The summed E-state index contributed by atoms with van der Waals surface area (Å²) in [7, 11) is 0.